The molecule has 3 rings (SSSR count). The molecule has 1 aliphatic heterocycles. The van der Waals surface area contributed by atoms with E-state index >= 15 is 0 Å². The van der Waals surface area contributed by atoms with Gasteiger partial charge in [-0.2, -0.15) is 0 Å². The molecular weight excluding hydrogens is 480 g/mol. The molecule has 0 atom stereocenters. The summed E-state index contributed by atoms with van der Waals surface area (Å²) in [7, 11) is 0. The Hall–Kier alpha value is -2.84. The highest BCUT2D eigenvalue weighted by atomic mass is 16.6. The molecule has 0 aromatic rings. The first-order chi connectivity index (χ1) is 17.6. The molecule has 0 aromatic carbocycles. The second-order valence-corrected chi connectivity index (χ2v) is 9.84. The van der Waals surface area contributed by atoms with Gasteiger partial charge in [0.05, 0.1) is 32.2 Å². The maximum atomic E-state index is 13.9. The van der Waals surface area contributed by atoms with Gasteiger partial charge in [0.1, 0.15) is 5.60 Å². The van der Waals surface area contributed by atoms with Crippen LogP contribution in [0.5, 0.6) is 0 Å². The van der Waals surface area contributed by atoms with Gasteiger partial charge in [-0.15, -0.1) is 0 Å². The average Bonchev–Trinajstić information content (AvgIpc) is 2.87. The van der Waals surface area contributed by atoms with Gasteiger partial charge in [-0.25, -0.2) is 0 Å². The predicted molar refractivity (Wildman–Crippen MR) is 133 cm³/mol. The van der Waals surface area contributed by atoms with E-state index < -0.39 is 40.3 Å². The van der Waals surface area contributed by atoms with Crippen LogP contribution in [0, 0.1) is 10.8 Å². The van der Waals surface area contributed by atoms with E-state index in [1.165, 1.54) is 0 Å². The number of ether oxygens (including phenoxy) is 5. The average molecular weight is 521 g/mol. The molecule has 2 aliphatic carbocycles. The lowest BCUT2D eigenvalue weighted by Gasteiger charge is -2.51. The molecule has 206 valence electrons. The van der Waals surface area contributed by atoms with Crippen molar-refractivity contribution in [2.75, 3.05) is 26.4 Å². The SMILES string of the molecule is CCOC(=O)C1(C(=O)OCC)CC2=C(C)OC3(CCCCC3)C(C)=C2CC1(C(=O)OCC)C(=O)OCC. The Bertz CT molecular complexity index is 961. The van der Waals surface area contributed by atoms with Crippen LogP contribution in [0.4, 0.5) is 0 Å². The quantitative estimate of drug-likeness (QED) is 0.262. The minimum absolute atomic E-state index is 0.0610. The van der Waals surface area contributed by atoms with Crippen LogP contribution < -0.4 is 0 Å². The maximum absolute atomic E-state index is 13.9. The molecule has 3 aliphatic rings. The van der Waals surface area contributed by atoms with Gasteiger partial charge in [-0.05, 0) is 83.9 Å². The molecule has 0 bridgehead atoms. The molecule has 0 radical (unpaired) electrons. The molecule has 0 amide bonds. The Labute approximate surface area is 218 Å². The van der Waals surface area contributed by atoms with Crippen molar-refractivity contribution in [3.8, 4) is 0 Å². The number of allylic oxidation sites excluding steroid dienone is 3. The molecule has 0 unspecified atom stereocenters. The third-order valence-electron chi connectivity index (χ3n) is 8.04. The fourth-order valence-corrected chi connectivity index (χ4v) is 6.22. The molecule has 0 aromatic heterocycles. The highest BCUT2D eigenvalue weighted by Gasteiger charge is 2.76. The van der Waals surface area contributed by atoms with E-state index in [9.17, 15) is 19.2 Å². The van der Waals surface area contributed by atoms with Gasteiger partial charge in [-0.1, -0.05) is 6.42 Å². The lowest BCUT2D eigenvalue weighted by molar-refractivity contribution is -0.205. The van der Waals surface area contributed by atoms with Crippen LogP contribution in [0.3, 0.4) is 0 Å². The summed E-state index contributed by atoms with van der Waals surface area (Å²) in [5, 5.41) is 0. The van der Waals surface area contributed by atoms with Crippen LogP contribution in [0.25, 0.3) is 0 Å². The summed E-state index contributed by atoms with van der Waals surface area (Å²) >= 11 is 0. The van der Waals surface area contributed by atoms with Gasteiger partial charge in [-0.3, -0.25) is 19.2 Å². The zero-order valence-electron chi connectivity index (χ0n) is 23.0. The van der Waals surface area contributed by atoms with Crippen LogP contribution in [0.1, 0.15) is 86.5 Å². The number of hydrogen-bond acceptors (Lipinski definition) is 9. The smallest absolute Gasteiger partial charge is 0.325 e. The normalized spacial score (nSPS) is 21.5. The Morgan fingerprint density at radius 2 is 1.03 bits per heavy atom. The molecule has 1 heterocycles. The lowest BCUT2D eigenvalue weighted by atomic mass is 9.51. The van der Waals surface area contributed by atoms with Crippen molar-refractivity contribution in [3.05, 3.63) is 22.5 Å². The highest BCUT2D eigenvalue weighted by Crippen LogP contribution is 2.61. The fraction of sp³-hybridized carbons (Fsp3) is 0.714. The van der Waals surface area contributed by atoms with Crippen molar-refractivity contribution in [2.45, 2.75) is 92.1 Å². The molecule has 0 N–H and O–H groups in total. The second-order valence-electron chi connectivity index (χ2n) is 9.84. The molecule has 2 fully saturated rings. The van der Waals surface area contributed by atoms with Crippen LogP contribution in [0.15, 0.2) is 22.5 Å². The number of carbonyl (C=O) groups is 4. The molecule has 2 saturated carbocycles. The third-order valence-corrected chi connectivity index (χ3v) is 8.04. The molecular formula is C28H40O9. The van der Waals surface area contributed by atoms with E-state index in [1.54, 1.807) is 34.6 Å². The summed E-state index contributed by atoms with van der Waals surface area (Å²) in [6, 6.07) is 0. The van der Waals surface area contributed by atoms with Gasteiger partial charge in [0.25, 0.3) is 0 Å². The highest BCUT2D eigenvalue weighted by molar-refractivity contribution is 6.15. The second kappa shape index (κ2) is 11.3. The Morgan fingerprint density at radius 3 is 1.41 bits per heavy atom. The van der Waals surface area contributed by atoms with Gasteiger partial charge in [0, 0.05) is 12.8 Å². The van der Waals surface area contributed by atoms with Crippen LogP contribution in [-0.4, -0.2) is 55.9 Å². The molecule has 37 heavy (non-hydrogen) atoms. The van der Waals surface area contributed by atoms with Gasteiger partial charge >= 0.3 is 23.9 Å². The number of carbonyl (C=O) groups excluding carboxylic acids is 4. The molecule has 0 saturated heterocycles. The zero-order chi connectivity index (χ0) is 27.4. The van der Waals surface area contributed by atoms with Crippen LogP contribution in [-0.2, 0) is 42.9 Å². The van der Waals surface area contributed by atoms with E-state index in [0.29, 0.717) is 11.3 Å². The van der Waals surface area contributed by atoms with E-state index in [1.807, 2.05) is 6.92 Å². The van der Waals surface area contributed by atoms with E-state index in [2.05, 4.69) is 0 Å². The standard InChI is InChI=1S/C28H40O9/c1-7-33-22(29)27(23(30)34-8-2)16-20-18(5)26(14-12-11-13-15-26)37-19(6)21(20)17-28(27,24(31)35-9-3)25(32)36-10-4/h7-17H2,1-6H3. The Balaban J connectivity index is 2.39. The van der Waals surface area contributed by atoms with E-state index in [4.69, 9.17) is 23.7 Å². The van der Waals surface area contributed by atoms with Crippen molar-refractivity contribution in [2.24, 2.45) is 10.8 Å². The minimum Gasteiger partial charge on any atom is -0.487 e. The number of rotatable bonds is 8. The summed E-state index contributed by atoms with van der Waals surface area (Å²) in [4.78, 5) is 55.4. The van der Waals surface area contributed by atoms with Crippen molar-refractivity contribution in [3.63, 3.8) is 0 Å². The van der Waals surface area contributed by atoms with Gasteiger partial charge < -0.3 is 23.7 Å². The molecule has 9 heteroatoms. The monoisotopic (exact) mass is 520 g/mol. The van der Waals surface area contributed by atoms with Crippen molar-refractivity contribution < 1.29 is 42.9 Å². The lowest BCUT2D eigenvalue weighted by Crippen LogP contribution is -2.65. The van der Waals surface area contributed by atoms with Crippen molar-refractivity contribution >= 4 is 23.9 Å². The number of esters is 4. The van der Waals surface area contributed by atoms with Crippen molar-refractivity contribution in [1.82, 2.24) is 0 Å². The maximum Gasteiger partial charge on any atom is 0.325 e. The Morgan fingerprint density at radius 1 is 0.649 bits per heavy atom. The van der Waals surface area contributed by atoms with Crippen molar-refractivity contribution in [1.29, 1.82) is 0 Å². The summed E-state index contributed by atoms with van der Waals surface area (Å²) in [6.07, 6.45) is 4.13. The largest absolute Gasteiger partial charge is 0.487 e. The minimum atomic E-state index is -2.35. The number of fused-ring (bicyclic) bond motifs is 1. The van der Waals surface area contributed by atoms with Crippen LogP contribution >= 0.6 is 0 Å². The molecule has 1 spiro atoms. The number of hydrogen-bond donors (Lipinski definition) is 0. The first-order valence-corrected chi connectivity index (χ1v) is 13.4. The third kappa shape index (κ3) is 4.44. The Kier molecular flexibility index (Phi) is 8.75. The van der Waals surface area contributed by atoms with Crippen LogP contribution in [0.2, 0.25) is 0 Å². The van der Waals surface area contributed by atoms with E-state index in [0.717, 1.165) is 43.3 Å². The summed E-state index contributed by atoms with van der Waals surface area (Å²) in [5.74, 6) is -3.48. The van der Waals surface area contributed by atoms with E-state index in [-0.39, 0.29) is 39.3 Å². The topological polar surface area (TPSA) is 114 Å². The fourth-order valence-electron chi connectivity index (χ4n) is 6.22. The first-order valence-electron chi connectivity index (χ1n) is 13.4. The summed E-state index contributed by atoms with van der Waals surface area (Å²) in [5.41, 5.74) is -2.98. The summed E-state index contributed by atoms with van der Waals surface area (Å²) < 4.78 is 28.1. The molecule has 9 nitrogen and oxygen atoms in total. The van der Waals surface area contributed by atoms with Gasteiger partial charge in [0.15, 0.2) is 10.8 Å². The zero-order valence-corrected chi connectivity index (χ0v) is 23.0. The first kappa shape index (κ1) is 28.7. The van der Waals surface area contributed by atoms with Gasteiger partial charge in [0.2, 0.25) is 0 Å². The summed E-state index contributed by atoms with van der Waals surface area (Å²) in [6.45, 7) is 9.88. The predicted octanol–water partition coefficient (Wildman–Crippen LogP) is 4.33.